The first-order valence-electron chi connectivity index (χ1n) is 27.7. The van der Waals surface area contributed by atoms with Crippen LogP contribution in [0.2, 0.25) is 5.02 Å². The Balaban J connectivity index is 0.000000428. The van der Waals surface area contributed by atoms with E-state index in [1.165, 1.54) is 45.0 Å². The maximum atomic E-state index is 14.8. The molecule has 2 aromatic carbocycles. The van der Waals surface area contributed by atoms with Gasteiger partial charge in [-0.05, 0) is 88.3 Å². The predicted octanol–water partition coefficient (Wildman–Crippen LogP) is 6.00. The summed E-state index contributed by atoms with van der Waals surface area (Å²) >= 11 is 11.2. The number of aliphatic carboxylic acids is 1. The summed E-state index contributed by atoms with van der Waals surface area (Å²) in [5, 5.41) is 32.7. The van der Waals surface area contributed by atoms with Gasteiger partial charge in [0, 0.05) is 83.5 Å². The van der Waals surface area contributed by atoms with Crippen LogP contribution in [0.5, 0.6) is 5.75 Å². The SMILES string of the molecule is CCC.CCl.COc1cc2cc(c1Cl)N(C)C(=O)CCC1OC1CC1C[C@](O)(C/C=C/C=C(\C)C2)NC(=O)O1.C[C@@H](C(=O)O)N(C)C(=O)c1ccc(NC(=O)C(CCCNC(N)=O)NC(=O)CNC(=O)CCCCCN2C(=O)C=CC2=O)cc1F. The molecular formula is C58H80Cl2FN9O15. The van der Waals surface area contributed by atoms with Gasteiger partial charge in [-0.15, -0.1) is 11.6 Å². The molecule has 10 amide bonds. The number of halogens is 3. The number of anilines is 2. The minimum absolute atomic E-state index is 0.0280. The van der Waals surface area contributed by atoms with Gasteiger partial charge in [0.05, 0.1) is 37.1 Å². The van der Waals surface area contributed by atoms with Gasteiger partial charge in [-0.1, -0.05) is 62.1 Å². The number of alkyl carbamates (subject to hydrolysis) is 1. The maximum absolute atomic E-state index is 14.8. The third-order valence-electron chi connectivity index (χ3n) is 13.5. The van der Waals surface area contributed by atoms with Gasteiger partial charge in [-0.2, -0.15) is 0 Å². The quantitative estimate of drug-likeness (QED) is 0.0346. The second kappa shape index (κ2) is 35.6. The van der Waals surface area contributed by atoms with Gasteiger partial charge < -0.3 is 61.2 Å². The average Bonchev–Trinajstić information content (AvgIpc) is 4.12. The lowest BCUT2D eigenvalue weighted by molar-refractivity contribution is -0.141. The van der Waals surface area contributed by atoms with E-state index < -0.39 is 83.6 Å². The number of allylic oxidation sites excluding steroid dienone is 3. The molecule has 0 radical (unpaired) electrons. The summed E-state index contributed by atoms with van der Waals surface area (Å²) in [5.74, 6) is -5.37. The van der Waals surface area contributed by atoms with Gasteiger partial charge in [0.2, 0.25) is 23.6 Å². The van der Waals surface area contributed by atoms with E-state index in [-0.39, 0.29) is 80.8 Å². The molecule has 468 valence electrons. The van der Waals surface area contributed by atoms with Crippen molar-refractivity contribution in [3.8, 4) is 5.75 Å². The molecule has 0 aliphatic carbocycles. The molecule has 4 aliphatic heterocycles. The van der Waals surface area contributed by atoms with Crippen LogP contribution in [0.15, 0.2) is 66.3 Å². The van der Waals surface area contributed by atoms with E-state index in [1.54, 1.807) is 19.1 Å². The number of fused-ring (bicyclic) bond motifs is 5. The highest BCUT2D eigenvalue weighted by molar-refractivity contribution is 6.35. The number of carbonyl (C=O) groups excluding carboxylic acids is 9. The Labute approximate surface area is 504 Å². The summed E-state index contributed by atoms with van der Waals surface area (Å²) in [4.78, 5) is 124. The van der Waals surface area contributed by atoms with Crippen molar-refractivity contribution in [2.45, 2.75) is 147 Å². The Bertz CT molecular complexity index is 2780. The number of carbonyl (C=O) groups is 10. The molecule has 9 N–H and O–H groups in total. The normalized spacial score (nSPS) is 20.6. The van der Waals surface area contributed by atoms with Gasteiger partial charge in [-0.3, -0.25) is 43.8 Å². The lowest BCUT2D eigenvalue weighted by Gasteiger charge is -2.36. The number of likely N-dealkylation sites (N-methyl/N-ethyl adjacent to an activating group) is 1. The summed E-state index contributed by atoms with van der Waals surface area (Å²) in [6.45, 7) is 7.40. The van der Waals surface area contributed by atoms with E-state index in [1.807, 2.05) is 37.3 Å². The zero-order valence-corrected chi connectivity index (χ0v) is 50.7. The number of ether oxygens (including phenoxy) is 3. The number of hydrogen-bond acceptors (Lipinski definition) is 14. The van der Waals surface area contributed by atoms with Crippen LogP contribution in [-0.4, -0.2) is 163 Å². The number of alkyl halides is 1. The zero-order valence-electron chi connectivity index (χ0n) is 49.2. The fourth-order valence-corrected chi connectivity index (χ4v) is 9.11. The Kier molecular flexibility index (Phi) is 30.0. The van der Waals surface area contributed by atoms with Gasteiger partial charge in [0.25, 0.3) is 17.7 Å². The lowest BCUT2D eigenvalue weighted by atomic mass is 9.96. The van der Waals surface area contributed by atoms with E-state index >= 15 is 0 Å². The number of urea groups is 1. The smallest absolute Gasteiger partial charge is 0.409 e. The molecule has 0 spiro atoms. The second-order valence-electron chi connectivity index (χ2n) is 20.4. The monoisotopic (exact) mass is 1230 g/mol. The number of aliphatic hydroxyl groups is 1. The number of unbranched alkanes of at least 4 members (excludes halogenated alkanes) is 2. The van der Waals surface area contributed by atoms with Crippen molar-refractivity contribution in [2.75, 3.05) is 57.4 Å². The molecule has 4 unspecified atom stereocenters. The standard InChI is InChI=1S/C29H38FN7O9.C25H31ClN2O6.C3H8.CH3Cl/c1-17(28(44)45)36(2)27(43)19-10-9-18(15-20(19)30)34-26(42)21(7-6-13-32-29(31)46)35-23(39)16-33-22(38)8-4-3-5-14-37-24(40)11-12-25(37)41;1-15-6-4-5-9-25(31)14-17(33-24(30)27-25)13-20-19(34-20)7-8-22(29)28(2)18-11-16(10-15)12-21(32-3)23(18)26;1-3-2;1-2/h9-12,15,17,21H,3-8,13-14,16H2,1-2H3,(H,33,38)(H,34,42)(H,35,39)(H,44,45)(H3,31,32,46);4-6,11-12,17,19-20,31H,7-10,13-14H2,1-3H3,(H,27,30);3H2,1-2H3;1H3/b;5-4+,15-6+;;/t17-,21?;17?,19?,20?,25-;;/m01../s1. The predicted molar refractivity (Wildman–Crippen MR) is 316 cm³/mol. The highest BCUT2D eigenvalue weighted by Gasteiger charge is 2.45. The van der Waals surface area contributed by atoms with Crippen LogP contribution in [0.25, 0.3) is 0 Å². The number of methoxy groups -OCH3 is 1. The number of carboxylic acids is 1. The Morgan fingerprint density at radius 3 is 2.31 bits per heavy atom. The first-order valence-corrected chi connectivity index (χ1v) is 28.9. The van der Waals surface area contributed by atoms with Crippen LogP contribution in [0.3, 0.4) is 0 Å². The number of nitrogens with zero attached hydrogens (tertiary/aromatic N) is 3. The molecule has 2 saturated heterocycles. The van der Waals surface area contributed by atoms with Crippen LogP contribution in [0.1, 0.15) is 121 Å². The number of amides is 10. The van der Waals surface area contributed by atoms with Gasteiger partial charge in [0.15, 0.2) is 0 Å². The number of primary amides is 1. The van der Waals surface area contributed by atoms with E-state index in [2.05, 4.69) is 52.0 Å². The first-order chi connectivity index (χ1) is 40.3. The molecule has 85 heavy (non-hydrogen) atoms. The van der Waals surface area contributed by atoms with Crippen molar-refractivity contribution in [3.63, 3.8) is 0 Å². The topological polar surface area (TPSA) is 338 Å². The van der Waals surface area contributed by atoms with Crippen LogP contribution in [-0.2, 0) is 49.5 Å². The highest BCUT2D eigenvalue weighted by Crippen LogP contribution is 2.38. The minimum atomic E-state index is -1.37. The highest BCUT2D eigenvalue weighted by atomic mass is 35.5. The van der Waals surface area contributed by atoms with Crippen molar-refractivity contribution in [1.29, 1.82) is 0 Å². The number of nitrogens with two attached hydrogens (primary N) is 1. The first kappa shape index (κ1) is 71.7. The molecule has 27 heteroatoms. The minimum Gasteiger partial charge on any atom is -0.495 e. The summed E-state index contributed by atoms with van der Waals surface area (Å²) in [7, 11) is 4.47. The van der Waals surface area contributed by atoms with Gasteiger partial charge in [-0.25, -0.2) is 18.8 Å². The largest absolute Gasteiger partial charge is 0.495 e. The van der Waals surface area contributed by atoms with E-state index in [4.69, 9.17) is 36.7 Å². The number of epoxide rings is 1. The van der Waals surface area contributed by atoms with Crippen molar-refractivity contribution < 1.29 is 76.8 Å². The molecule has 4 bridgehead atoms. The van der Waals surface area contributed by atoms with Gasteiger partial charge in [0.1, 0.15) is 40.5 Å². The van der Waals surface area contributed by atoms with Crippen LogP contribution < -0.4 is 42.0 Å². The summed E-state index contributed by atoms with van der Waals surface area (Å²) < 4.78 is 31.3. The van der Waals surface area contributed by atoms with Crippen LogP contribution in [0.4, 0.5) is 25.4 Å². The Hall–Kier alpha value is -7.61. The second-order valence-corrected chi connectivity index (χ2v) is 20.8. The average molecular weight is 1230 g/mol. The number of hydrogen-bond donors (Lipinski definition) is 8. The third kappa shape index (κ3) is 23.8. The molecule has 6 atom stereocenters. The molecule has 24 nitrogen and oxygen atoms in total. The summed E-state index contributed by atoms with van der Waals surface area (Å²) in [6.07, 6.45) is 13.8. The van der Waals surface area contributed by atoms with E-state index in [0.717, 1.165) is 33.1 Å². The fraction of sp³-hybridized carbons (Fsp3) is 0.517. The van der Waals surface area contributed by atoms with Crippen molar-refractivity contribution in [3.05, 3.63) is 88.3 Å². The van der Waals surface area contributed by atoms with Gasteiger partial charge >= 0.3 is 18.1 Å². The molecule has 2 aromatic rings. The van der Waals surface area contributed by atoms with Crippen molar-refractivity contribution in [2.24, 2.45) is 5.73 Å². The maximum Gasteiger partial charge on any atom is 0.409 e. The summed E-state index contributed by atoms with van der Waals surface area (Å²) in [5.41, 5.74) is 5.83. The Morgan fingerprint density at radius 1 is 0.988 bits per heavy atom. The molecule has 4 heterocycles. The number of carboxylic acid groups (broad SMARTS) is 1. The molecule has 4 aliphatic rings. The number of nitrogens with one attached hydrogen (secondary N) is 5. The molecular weight excluding hydrogens is 1150 g/mol. The number of imide groups is 1. The van der Waals surface area contributed by atoms with Crippen molar-refractivity contribution in [1.82, 2.24) is 31.1 Å². The molecule has 0 aromatic heterocycles. The summed E-state index contributed by atoms with van der Waals surface area (Å²) in [6, 6.07) is 3.81. The fourth-order valence-electron chi connectivity index (χ4n) is 8.79. The molecule has 6 rings (SSSR count). The van der Waals surface area contributed by atoms with Crippen LogP contribution in [0, 0.1) is 5.82 Å². The number of benzene rings is 2. The number of rotatable bonds is 19. The van der Waals surface area contributed by atoms with Crippen molar-refractivity contribution >= 4 is 94.0 Å². The van der Waals surface area contributed by atoms with Crippen LogP contribution >= 0.6 is 23.2 Å². The third-order valence-corrected chi connectivity index (χ3v) is 13.8. The van der Waals surface area contributed by atoms with E-state index in [0.29, 0.717) is 61.4 Å². The lowest BCUT2D eigenvalue weighted by Crippen LogP contribution is -2.56. The zero-order chi connectivity index (χ0) is 63.6. The Morgan fingerprint density at radius 2 is 1.67 bits per heavy atom. The molecule has 0 saturated carbocycles. The molecule has 2 fully saturated rings. The van der Waals surface area contributed by atoms with E-state index in [9.17, 15) is 57.4 Å².